The molecule has 0 amide bonds. The van der Waals surface area contributed by atoms with Gasteiger partial charge in [0.25, 0.3) is 0 Å². The SMILES string of the molecule is CC/C=C\C/C=C\C/C=C\C/C=C\CCCCC(=O)O[C@H](COC(=O)CCC/C=C\C/C=C\C/C=C\C=C\[C@H](O)CCCCC)COP(=O)(O)OCC[N+](C)(C)C. The number of hydrogen-bond donors (Lipinski definition) is 2. The third kappa shape index (κ3) is 40.9. The summed E-state index contributed by atoms with van der Waals surface area (Å²) in [5, 5.41) is 9.90. The second-order valence-electron chi connectivity index (χ2n) is 14.8. The first-order chi connectivity index (χ1) is 27.4. The van der Waals surface area contributed by atoms with Crippen molar-refractivity contribution in [3.8, 4) is 0 Å². The van der Waals surface area contributed by atoms with E-state index in [9.17, 15) is 24.2 Å². The summed E-state index contributed by atoms with van der Waals surface area (Å²) in [6.45, 7) is 4.01. The van der Waals surface area contributed by atoms with E-state index in [-0.39, 0.29) is 32.2 Å². The Morgan fingerprint density at radius 1 is 0.649 bits per heavy atom. The number of esters is 2. The first kappa shape index (κ1) is 53.9. The molecule has 0 aliphatic carbocycles. The van der Waals surface area contributed by atoms with Crippen LogP contribution in [-0.2, 0) is 32.7 Å². The number of phosphoric ester groups is 1. The summed E-state index contributed by atoms with van der Waals surface area (Å²) in [6, 6.07) is 0. The predicted molar refractivity (Wildman–Crippen MR) is 234 cm³/mol. The largest absolute Gasteiger partial charge is 0.472 e. The maximum atomic E-state index is 12.6. The number of rotatable bonds is 36. The molecule has 57 heavy (non-hydrogen) atoms. The molecule has 11 heteroatoms. The van der Waals surface area contributed by atoms with Crippen molar-refractivity contribution in [3.05, 3.63) is 97.2 Å². The Morgan fingerprint density at radius 2 is 1.21 bits per heavy atom. The lowest BCUT2D eigenvalue weighted by molar-refractivity contribution is -0.870. The van der Waals surface area contributed by atoms with Crippen LogP contribution in [0.15, 0.2) is 97.2 Å². The lowest BCUT2D eigenvalue weighted by Gasteiger charge is -2.24. The number of ether oxygens (including phenoxy) is 2. The fourth-order valence-electron chi connectivity index (χ4n) is 4.87. The molecule has 3 atom stereocenters. The Labute approximate surface area is 346 Å². The van der Waals surface area contributed by atoms with Crippen molar-refractivity contribution in [2.45, 2.75) is 135 Å². The third-order valence-electron chi connectivity index (χ3n) is 8.20. The highest BCUT2D eigenvalue weighted by molar-refractivity contribution is 7.47. The zero-order chi connectivity index (χ0) is 42.3. The van der Waals surface area contributed by atoms with Crippen molar-refractivity contribution in [1.82, 2.24) is 0 Å². The molecule has 0 aliphatic rings. The third-order valence-corrected chi connectivity index (χ3v) is 9.19. The molecule has 0 aromatic carbocycles. The van der Waals surface area contributed by atoms with Crippen LogP contribution in [0.25, 0.3) is 0 Å². The summed E-state index contributed by atoms with van der Waals surface area (Å²) in [4.78, 5) is 35.3. The number of carbonyl (C=O) groups excluding carboxylic acids is 2. The average Bonchev–Trinajstić information content (AvgIpc) is 3.15. The van der Waals surface area contributed by atoms with Gasteiger partial charge in [-0.1, -0.05) is 130 Å². The van der Waals surface area contributed by atoms with Crippen molar-refractivity contribution >= 4 is 19.8 Å². The van der Waals surface area contributed by atoms with E-state index in [1.165, 1.54) is 0 Å². The Kier molecular flexibility index (Phi) is 35.2. The number of allylic oxidation sites excluding steroid dienone is 15. The molecular formula is C46H77NO9P+. The average molecular weight is 819 g/mol. The standard InChI is InChI=1S/C46H76NO9P/c1-6-8-10-11-12-13-14-15-16-17-20-24-27-30-34-38-46(50)56-44(42-55-57(51,52)54-40-39-47(3,4)5)41-53-45(49)37-33-29-26-23-21-18-19-22-25-28-32-36-43(48)35-31-9-7-2/h8,10,12-13,15-16,18-20,23-26,28,32,36,43-44,48H,6-7,9,11,14,17,21-22,27,29-31,33-35,37-42H2,1-5H3/p+1/b10-8-,13-12-,16-15-,19-18-,24-20-,26-23-,28-25-,36-32+/t43-,44-/m1/s1. The molecule has 0 bridgehead atoms. The van der Waals surface area contributed by atoms with Gasteiger partial charge in [-0.3, -0.25) is 18.6 Å². The van der Waals surface area contributed by atoms with Gasteiger partial charge in [0.1, 0.15) is 19.8 Å². The zero-order valence-electron chi connectivity index (χ0n) is 35.9. The number of aliphatic hydroxyl groups excluding tert-OH is 1. The Hall–Kier alpha value is -3.11. The monoisotopic (exact) mass is 819 g/mol. The van der Waals surface area contributed by atoms with E-state index in [1.54, 1.807) is 0 Å². The van der Waals surface area contributed by atoms with Gasteiger partial charge in [0.2, 0.25) is 0 Å². The molecule has 0 aromatic rings. The highest BCUT2D eigenvalue weighted by atomic mass is 31.2. The van der Waals surface area contributed by atoms with Gasteiger partial charge in [-0.2, -0.15) is 0 Å². The van der Waals surface area contributed by atoms with E-state index < -0.39 is 32.5 Å². The van der Waals surface area contributed by atoms with E-state index in [1.807, 2.05) is 57.6 Å². The number of likely N-dealkylation sites (N-methyl/N-ethyl adjacent to an activating group) is 1. The lowest BCUT2D eigenvalue weighted by Crippen LogP contribution is -2.37. The first-order valence-corrected chi connectivity index (χ1v) is 22.6. The zero-order valence-corrected chi connectivity index (χ0v) is 36.8. The van der Waals surface area contributed by atoms with E-state index >= 15 is 0 Å². The molecule has 0 saturated carbocycles. The number of carbonyl (C=O) groups is 2. The number of nitrogens with zero attached hydrogens (tertiary/aromatic N) is 1. The number of quaternary nitrogens is 1. The molecule has 0 aromatic heterocycles. The molecule has 0 saturated heterocycles. The maximum absolute atomic E-state index is 12.6. The van der Waals surface area contributed by atoms with E-state index in [0.717, 1.165) is 77.0 Å². The van der Waals surface area contributed by atoms with Crippen LogP contribution in [0, 0.1) is 0 Å². The predicted octanol–water partition coefficient (Wildman–Crippen LogP) is 10.8. The van der Waals surface area contributed by atoms with Gasteiger partial charge in [-0.15, -0.1) is 0 Å². The summed E-state index contributed by atoms with van der Waals surface area (Å²) in [6.07, 6.45) is 45.1. The fourth-order valence-corrected chi connectivity index (χ4v) is 5.61. The summed E-state index contributed by atoms with van der Waals surface area (Å²) >= 11 is 0. The van der Waals surface area contributed by atoms with Gasteiger partial charge < -0.3 is 24.0 Å². The molecule has 324 valence electrons. The van der Waals surface area contributed by atoms with Gasteiger partial charge >= 0.3 is 19.8 Å². The second-order valence-corrected chi connectivity index (χ2v) is 16.3. The first-order valence-electron chi connectivity index (χ1n) is 21.1. The van der Waals surface area contributed by atoms with Crippen LogP contribution < -0.4 is 0 Å². The summed E-state index contributed by atoms with van der Waals surface area (Å²) < 4.78 is 34.1. The van der Waals surface area contributed by atoms with Crippen molar-refractivity contribution < 1.29 is 47.2 Å². The highest BCUT2D eigenvalue weighted by Crippen LogP contribution is 2.43. The number of unbranched alkanes of at least 4 members (excludes halogenated alkanes) is 5. The molecular weight excluding hydrogens is 741 g/mol. The maximum Gasteiger partial charge on any atom is 0.472 e. The van der Waals surface area contributed by atoms with Crippen molar-refractivity contribution in [3.63, 3.8) is 0 Å². The normalized spacial score (nSPS) is 15.1. The minimum absolute atomic E-state index is 0.00167. The number of hydrogen-bond acceptors (Lipinski definition) is 8. The van der Waals surface area contributed by atoms with Crippen LogP contribution in [0.5, 0.6) is 0 Å². The Balaban J connectivity index is 4.61. The molecule has 0 rings (SSSR count). The molecule has 0 aliphatic heterocycles. The van der Waals surface area contributed by atoms with Crippen LogP contribution in [0.3, 0.4) is 0 Å². The van der Waals surface area contributed by atoms with Gasteiger partial charge in [-0.05, 0) is 77.0 Å². The molecule has 0 fully saturated rings. The molecule has 1 unspecified atom stereocenters. The van der Waals surface area contributed by atoms with Gasteiger partial charge in [0.15, 0.2) is 6.10 Å². The van der Waals surface area contributed by atoms with E-state index in [4.69, 9.17) is 18.5 Å². The molecule has 0 heterocycles. The summed E-state index contributed by atoms with van der Waals surface area (Å²) in [7, 11) is 1.37. The number of phosphoric acid groups is 1. The Bertz CT molecular complexity index is 1310. The molecule has 0 radical (unpaired) electrons. The summed E-state index contributed by atoms with van der Waals surface area (Å²) in [5.41, 5.74) is 0. The van der Waals surface area contributed by atoms with Crippen LogP contribution in [-0.4, -0.2) is 86.1 Å². The van der Waals surface area contributed by atoms with Crippen LogP contribution in [0.4, 0.5) is 0 Å². The van der Waals surface area contributed by atoms with Gasteiger partial charge in [0.05, 0.1) is 33.9 Å². The van der Waals surface area contributed by atoms with Crippen molar-refractivity contribution in [1.29, 1.82) is 0 Å². The van der Waals surface area contributed by atoms with Crippen molar-refractivity contribution in [2.75, 3.05) is 47.5 Å². The Morgan fingerprint density at radius 3 is 1.81 bits per heavy atom. The quantitative estimate of drug-likeness (QED) is 0.0159. The summed E-state index contributed by atoms with van der Waals surface area (Å²) in [5.74, 6) is -0.952. The van der Waals surface area contributed by atoms with E-state index in [2.05, 4.69) is 74.6 Å². The lowest BCUT2D eigenvalue weighted by atomic mass is 10.1. The van der Waals surface area contributed by atoms with Gasteiger partial charge in [-0.25, -0.2) is 4.57 Å². The van der Waals surface area contributed by atoms with Gasteiger partial charge in [0, 0.05) is 12.8 Å². The highest BCUT2D eigenvalue weighted by Gasteiger charge is 2.27. The second kappa shape index (κ2) is 37.2. The molecule has 0 spiro atoms. The minimum Gasteiger partial charge on any atom is -0.462 e. The van der Waals surface area contributed by atoms with Crippen LogP contribution in [0.1, 0.15) is 123 Å². The topological polar surface area (TPSA) is 129 Å². The minimum atomic E-state index is -4.41. The smallest absolute Gasteiger partial charge is 0.462 e. The van der Waals surface area contributed by atoms with E-state index in [0.29, 0.717) is 30.3 Å². The molecule has 10 nitrogen and oxygen atoms in total. The van der Waals surface area contributed by atoms with Crippen LogP contribution >= 0.6 is 7.82 Å². The fraction of sp³-hybridized carbons (Fsp3) is 0.609. The molecule has 2 N–H and O–H groups in total. The number of aliphatic hydroxyl groups is 1. The van der Waals surface area contributed by atoms with Crippen LogP contribution in [0.2, 0.25) is 0 Å². The van der Waals surface area contributed by atoms with Crippen molar-refractivity contribution in [2.24, 2.45) is 0 Å².